The predicted molar refractivity (Wildman–Crippen MR) is 170 cm³/mol. The summed E-state index contributed by atoms with van der Waals surface area (Å²) in [5, 5.41) is 15.6. The van der Waals surface area contributed by atoms with Crippen LogP contribution in [-0.4, -0.2) is 54.1 Å². The predicted octanol–water partition coefficient (Wildman–Crippen LogP) is 7.27. The minimum atomic E-state index is 0.451. The third-order valence-electron chi connectivity index (χ3n) is 8.75. The summed E-state index contributed by atoms with van der Waals surface area (Å²) >= 11 is 1.80. The normalized spacial score (nSPS) is 19.4. The van der Waals surface area contributed by atoms with Crippen LogP contribution >= 0.6 is 11.3 Å². The molecule has 2 aromatic rings. The Morgan fingerprint density at radius 1 is 1.07 bits per heavy atom. The SMILES string of the molecule is CC(C)N1CCC(CC2=CC=C(C(=N)c3cc(NC=O)ccc3N)CC2)CC1.CC(c1ccsc1)N1CCCC1. The second-order valence-electron chi connectivity index (χ2n) is 11.7. The Morgan fingerprint density at radius 2 is 1.82 bits per heavy atom. The molecule has 1 aromatic heterocycles. The zero-order valence-electron chi connectivity index (χ0n) is 24.5. The molecular formula is C33H47N5OS. The second kappa shape index (κ2) is 14.8. The summed E-state index contributed by atoms with van der Waals surface area (Å²) in [6.07, 6.45) is 13.4. The maximum atomic E-state index is 10.7. The molecule has 0 saturated carbocycles. The number of likely N-dealkylation sites (tertiary alicyclic amines) is 2. The average molecular weight is 562 g/mol. The van der Waals surface area contributed by atoms with Gasteiger partial charge in [0.15, 0.2) is 0 Å². The zero-order chi connectivity index (χ0) is 28.5. The Balaban J connectivity index is 0.000000255. The number of anilines is 2. The molecule has 2 aliphatic heterocycles. The van der Waals surface area contributed by atoms with Gasteiger partial charge < -0.3 is 16.0 Å². The fourth-order valence-electron chi connectivity index (χ4n) is 6.06. The minimum Gasteiger partial charge on any atom is -0.398 e. The van der Waals surface area contributed by atoms with Crippen molar-refractivity contribution in [2.75, 3.05) is 37.2 Å². The van der Waals surface area contributed by atoms with Gasteiger partial charge in [-0.15, -0.1) is 0 Å². The van der Waals surface area contributed by atoms with E-state index in [0.29, 0.717) is 41.1 Å². The number of amides is 1. The van der Waals surface area contributed by atoms with Crippen LogP contribution in [0.4, 0.5) is 11.4 Å². The molecule has 1 amide bonds. The first kappa shape index (κ1) is 30.2. The molecule has 0 bridgehead atoms. The van der Waals surface area contributed by atoms with E-state index in [1.165, 1.54) is 69.4 Å². The van der Waals surface area contributed by atoms with E-state index in [1.54, 1.807) is 29.5 Å². The summed E-state index contributed by atoms with van der Waals surface area (Å²) in [7, 11) is 0. The van der Waals surface area contributed by atoms with Crippen molar-refractivity contribution in [1.82, 2.24) is 9.80 Å². The number of carbonyl (C=O) groups excluding carboxylic acids is 1. The highest BCUT2D eigenvalue weighted by Gasteiger charge is 2.23. The van der Waals surface area contributed by atoms with E-state index in [4.69, 9.17) is 11.1 Å². The van der Waals surface area contributed by atoms with E-state index < -0.39 is 0 Å². The van der Waals surface area contributed by atoms with Crippen molar-refractivity contribution in [3.63, 3.8) is 0 Å². The summed E-state index contributed by atoms with van der Waals surface area (Å²) in [6.45, 7) is 11.9. The van der Waals surface area contributed by atoms with E-state index in [1.807, 2.05) is 0 Å². The van der Waals surface area contributed by atoms with Gasteiger partial charge >= 0.3 is 0 Å². The van der Waals surface area contributed by atoms with Crippen molar-refractivity contribution in [1.29, 1.82) is 5.41 Å². The van der Waals surface area contributed by atoms with Crippen molar-refractivity contribution < 1.29 is 4.79 Å². The van der Waals surface area contributed by atoms with Gasteiger partial charge in [0.25, 0.3) is 0 Å². The molecule has 1 atom stereocenters. The number of nitrogen functional groups attached to an aromatic ring is 1. The molecule has 7 heteroatoms. The topological polar surface area (TPSA) is 85.5 Å². The smallest absolute Gasteiger partial charge is 0.211 e. The molecule has 6 nitrogen and oxygen atoms in total. The van der Waals surface area contributed by atoms with Gasteiger partial charge in [0.2, 0.25) is 6.41 Å². The van der Waals surface area contributed by atoms with Crippen LogP contribution in [0.5, 0.6) is 0 Å². The Morgan fingerprint density at radius 3 is 2.42 bits per heavy atom. The molecule has 0 radical (unpaired) electrons. The van der Waals surface area contributed by atoms with Crippen molar-refractivity contribution >= 4 is 34.8 Å². The number of rotatable bonds is 9. The molecule has 4 N–H and O–H groups in total. The van der Waals surface area contributed by atoms with Crippen LogP contribution in [0.3, 0.4) is 0 Å². The number of thiophene rings is 1. The number of hydrogen-bond donors (Lipinski definition) is 3. The van der Waals surface area contributed by atoms with Gasteiger partial charge in [-0.1, -0.05) is 17.7 Å². The Hall–Kier alpha value is -2.74. The molecule has 2 saturated heterocycles. The maximum Gasteiger partial charge on any atom is 0.211 e. The van der Waals surface area contributed by atoms with Crippen LogP contribution in [0.2, 0.25) is 0 Å². The highest BCUT2D eigenvalue weighted by atomic mass is 32.1. The van der Waals surface area contributed by atoms with Gasteiger partial charge in [-0.25, -0.2) is 0 Å². The molecule has 1 aliphatic carbocycles. The lowest BCUT2D eigenvalue weighted by atomic mass is 9.84. The van der Waals surface area contributed by atoms with Crippen LogP contribution < -0.4 is 11.1 Å². The molecule has 2 fully saturated rings. The monoisotopic (exact) mass is 561 g/mol. The Kier molecular flexibility index (Phi) is 11.2. The van der Waals surface area contributed by atoms with Gasteiger partial charge in [-0.3, -0.25) is 15.1 Å². The quantitative estimate of drug-likeness (QED) is 0.171. The van der Waals surface area contributed by atoms with Gasteiger partial charge in [0.05, 0.1) is 5.71 Å². The highest BCUT2D eigenvalue weighted by Crippen LogP contribution is 2.32. The van der Waals surface area contributed by atoms with E-state index in [2.05, 4.69) is 64.9 Å². The van der Waals surface area contributed by atoms with E-state index in [-0.39, 0.29) is 0 Å². The first-order valence-electron chi connectivity index (χ1n) is 14.9. The Bertz CT molecular complexity index is 1170. The van der Waals surface area contributed by atoms with Crippen LogP contribution in [0.25, 0.3) is 0 Å². The number of nitrogens with two attached hydrogens (primary N) is 1. The number of hydrogen-bond acceptors (Lipinski definition) is 6. The van der Waals surface area contributed by atoms with Crippen LogP contribution in [0, 0.1) is 11.3 Å². The van der Waals surface area contributed by atoms with Gasteiger partial charge in [-0.05, 0) is 144 Å². The molecule has 3 heterocycles. The number of piperidine rings is 1. The van der Waals surface area contributed by atoms with Crippen LogP contribution in [0.1, 0.15) is 82.9 Å². The lowest BCUT2D eigenvalue weighted by Gasteiger charge is -2.35. The number of nitrogens with zero attached hydrogens (tertiary/aromatic N) is 2. The molecular weight excluding hydrogens is 514 g/mol. The first-order valence-corrected chi connectivity index (χ1v) is 15.9. The fourth-order valence-corrected chi connectivity index (χ4v) is 6.81. The Labute approximate surface area is 244 Å². The summed E-state index contributed by atoms with van der Waals surface area (Å²) in [4.78, 5) is 15.8. The molecule has 1 aromatic carbocycles. The van der Waals surface area contributed by atoms with E-state index in [9.17, 15) is 4.79 Å². The molecule has 5 rings (SSSR count). The van der Waals surface area contributed by atoms with Crippen molar-refractivity contribution in [3.05, 3.63) is 69.5 Å². The summed E-state index contributed by atoms with van der Waals surface area (Å²) in [6, 6.07) is 8.79. The molecule has 40 heavy (non-hydrogen) atoms. The van der Waals surface area contributed by atoms with Crippen LogP contribution in [-0.2, 0) is 4.79 Å². The van der Waals surface area contributed by atoms with E-state index in [0.717, 1.165) is 24.3 Å². The fraction of sp³-hybridized carbons (Fsp3) is 0.515. The number of benzene rings is 1. The lowest BCUT2D eigenvalue weighted by Crippen LogP contribution is -2.38. The van der Waals surface area contributed by atoms with Crippen LogP contribution in [0.15, 0.2) is 58.3 Å². The van der Waals surface area contributed by atoms with E-state index >= 15 is 0 Å². The largest absolute Gasteiger partial charge is 0.398 e. The second-order valence-corrected chi connectivity index (χ2v) is 12.5. The lowest BCUT2D eigenvalue weighted by molar-refractivity contribution is -0.105. The molecule has 216 valence electrons. The summed E-state index contributed by atoms with van der Waals surface area (Å²) < 4.78 is 0. The van der Waals surface area contributed by atoms with Gasteiger partial charge in [-0.2, -0.15) is 11.3 Å². The van der Waals surface area contributed by atoms with Crippen molar-refractivity contribution in [2.45, 2.75) is 77.8 Å². The zero-order valence-corrected chi connectivity index (χ0v) is 25.3. The van der Waals surface area contributed by atoms with Gasteiger partial charge in [0.1, 0.15) is 0 Å². The molecule has 0 spiro atoms. The third kappa shape index (κ3) is 8.15. The first-order chi connectivity index (χ1) is 19.4. The summed E-state index contributed by atoms with van der Waals surface area (Å²) in [5.74, 6) is 0.789. The number of carbonyl (C=O) groups is 1. The third-order valence-corrected chi connectivity index (χ3v) is 9.45. The maximum absolute atomic E-state index is 10.7. The molecule has 3 aliphatic rings. The average Bonchev–Trinajstić information content (AvgIpc) is 3.70. The standard InChI is InChI=1S/C23H32N4O.C10H15NS/c1-16(2)27-11-9-18(10-12-27)13-17-3-5-19(6-4-17)23(25)21-14-20(26-15-28)7-8-22(21)24;1-9(10-4-7-12-8-10)11-5-2-3-6-11/h3,5,7-8,14-16,18,25H,4,6,9-13,24H2,1-2H3,(H,26,28);4,7-9H,2-3,5-6H2,1H3. The number of nitrogens with one attached hydrogen (secondary N) is 2. The van der Waals surface area contributed by atoms with Crippen molar-refractivity contribution in [2.24, 2.45) is 5.92 Å². The number of allylic oxidation sites excluding steroid dienone is 4. The molecule has 1 unspecified atom stereocenters. The summed E-state index contributed by atoms with van der Waals surface area (Å²) in [5.41, 5.74) is 12.4. The minimum absolute atomic E-state index is 0.451. The van der Waals surface area contributed by atoms with Crippen molar-refractivity contribution in [3.8, 4) is 0 Å². The highest BCUT2D eigenvalue weighted by molar-refractivity contribution is 7.08. The van der Waals surface area contributed by atoms with Gasteiger partial charge in [0, 0.05) is 29.0 Å².